The van der Waals surface area contributed by atoms with Crippen LogP contribution in [-0.4, -0.2) is 34.8 Å². The summed E-state index contributed by atoms with van der Waals surface area (Å²) < 4.78 is 0. The molecule has 1 saturated heterocycles. The van der Waals surface area contributed by atoms with Gasteiger partial charge in [0.15, 0.2) is 0 Å². The van der Waals surface area contributed by atoms with E-state index >= 15 is 0 Å². The molecule has 1 heterocycles. The Hall–Kier alpha value is -1.41. The van der Waals surface area contributed by atoms with E-state index in [0.29, 0.717) is 0 Å². The highest BCUT2D eigenvalue weighted by Crippen LogP contribution is 2.32. The monoisotopic (exact) mass is 263 g/mol. The minimum Gasteiger partial charge on any atom is -0.294 e. The lowest BCUT2D eigenvalue weighted by molar-refractivity contribution is -0.148. The molecule has 2 fully saturated rings. The molecule has 19 heavy (non-hydrogen) atoms. The van der Waals surface area contributed by atoms with Gasteiger partial charge in [-0.05, 0) is 26.7 Å². The molecule has 5 nitrogen and oxygen atoms in total. The number of hydrogen-bond donors (Lipinski definition) is 1. The maximum absolute atomic E-state index is 12.0. The number of imide groups is 1. The van der Waals surface area contributed by atoms with Crippen molar-refractivity contribution in [2.45, 2.75) is 57.5 Å². The molecule has 1 aliphatic carbocycles. The third kappa shape index (κ3) is 2.64. The third-order valence-corrected chi connectivity index (χ3v) is 4.39. The number of nitrogens with one attached hydrogen (secondary N) is 1. The second-order valence-corrected chi connectivity index (χ2v) is 6.01. The number of nitrogens with zero attached hydrogens (tertiary/aromatic N) is 2. The van der Waals surface area contributed by atoms with Gasteiger partial charge in [0.1, 0.15) is 0 Å². The molecule has 1 aliphatic heterocycles. The summed E-state index contributed by atoms with van der Waals surface area (Å²) in [4.78, 5) is 25.6. The molecule has 2 aliphatic rings. The lowest BCUT2D eigenvalue weighted by Gasteiger charge is -2.45. The number of piperazine rings is 1. The quantitative estimate of drug-likeness (QED) is 0.570. The van der Waals surface area contributed by atoms with Gasteiger partial charge in [-0.25, -0.2) is 0 Å². The molecule has 2 rings (SSSR count). The van der Waals surface area contributed by atoms with Crippen molar-refractivity contribution in [1.29, 1.82) is 5.26 Å². The van der Waals surface area contributed by atoms with E-state index in [2.05, 4.69) is 11.4 Å². The standard InChI is InChI=1S/C14H21N3O2/c1-14(2)13(19)16-12(18)9-17(14)11-7-5-3-4-6-10(11)8-15/h10-11H,3-7,9H2,1-2H3,(H,16,18,19). The molecule has 0 radical (unpaired) electrons. The van der Waals surface area contributed by atoms with Gasteiger partial charge in [-0.15, -0.1) is 0 Å². The molecule has 0 spiro atoms. The number of rotatable bonds is 1. The minimum atomic E-state index is -0.724. The van der Waals surface area contributed by atoms with E-state index in [1.54, 1.807) is 0 Å². The largest absolute Gasteiger partial charge is 0.294 e. The fourth-order valence-corrected chi connectivity index (χ4v) is 3.15. The topological polar surface area (TPSA) is 73.2 Å². The van der Waals surface area contributed by atoms with Crippen LogP contribution in [0.1, 0.15) is 46.0 Å². The van der Waals surface area contributed by atoms with Gasteiger partial charge in [-0.2, -0.15) is 5.26 Å². The second-order valence-electron chi connectivity index (χ2n) is 6.01. The first-order valence-corrected chi connectivity index (χ1v) is 6.97. The molecule has 0 aromatic rings. The van der Waals surface area contributed by atoms with Crippen molar-refractivity contribution < 1.29 is 9.59 Å². The van der Waals surface area contributed by atoms with E-state index in [4.69, 9.17) is 0 Å². The van der Waals surface area contributed by atoms with E-state index in [0.717, 1.165) is 32.1 Å². The average molecular weight is 263 g/mol. The zero-order chi connectivity index (χ0) is 14.0. The normalized spacial score (nSPS) is 32.3. The molecular formula is C14H21N3O2. The number of amides is 2. The lowest BCUT2D eigenvalue weighted by atomic mass is 9.88. The molecule has 1 N–H and O–H groups in total. The summed E-state index contributed by atoms with van der Waals surface area (Å²) in [5.41, 5.74) is -0.724. The maximum atomic E-state index is 12.0. The first kappa shape index (κ1) is 14.0. The number of carbonyl (C=O) groups is 2. The molecule has 0 bridgehead atoms. The maximum Gasteiger partial charge on any atom is 0.246 e. The van der Waals surface area contributed by atoms with Crippen LogP contribution in [0.2, 0.25) is 0 Å². The summed E-state index contributed by atoms with van der Waals surface area (Å²) in [6.07, 6.45) is 5.00. The van der Waals surface area contributed by atoms with Crippen LogP contribution in [0.4, 0.5) is 0 Å². The Balaban J connectivity index is 2.28. The molecule has 1 saturated carbocycles. The van der Waals surface area contributed by atoms with Crippen molar-refractivity contribution in [3.63, 3.8) is 0 Å². The second kappa shape index (κ2) is 5.30. The van der Waals surface area contributed by atoms with Crippen LogP contribution < -0.4 is 5.32 Å². The van der Waals surface area contributed by atoms with Crippen molar-refractivity contribution in [2.24, 2.45) is 5.92 Å². The van der Waals surface area contributed by atoms with Crippen LogP contribution in [0, 0.1) is 17.2 Å². The van der Waals surface area contributed by atoms with Gasteiger partial charge in [0.2, 0.25) is 11.8 Å². The van der Waals surface area contributed by atoms with Crippen LogP contribution in [-0.2, 0) is 9.59 Å². The highest BCUT2D eigenvalue weighted by Gasteiger charge is 2.46. The van der Waals surface area contributed by atoms with Crippen molar-refractivity contribution in [2.75, 3.05) is 6.54 Å². The zero-order valence-corrected chi connectivity index (χ0v) is 11.6. The fraction of sp³-hybridized carbons (Fsp3) is 0.786. The van der Waals surface area contributed by atoms with Crippen LogP contribution >= 0.6 is 0 Å². The predicted octanol–water partition coefficient (Wildman–Crippen LogP) is 1.20. The number of hydrogen-bond acceptors (Lipinski definition) is 4. The van der Waals surface area contributed by atoms with E-state index in [-0.39, 0.29) is 30.3 Å². The van der Waals surface area contributed by atoms with Gasteiger partial charge in [-0.3, -0.25) is 19.8 Å². The smallest absolute Gasteiger partial charge is 0.246 e. The van der Waals surface area contributed by atoms with Gasteiger partial charge in [0.25, 0.3) is 0 Å². The van der Waals surface area contributed by atoms with Crippen LogP contribution in [0.3, 0.4) is 0 Å². The Kier molecular flexibility index (Phi) is 3.91. The summed E-state index contributed by atoms with van der Waals surface area (Å²) in [5.74, 6) is -0.601. The van der Waals surface area contributed by atoms with E-state index < -0.39 is 5.54 Å². The summed E-state index contributed by atoms with van der Waals surface area (Å²) in [7, 11) is 0. The first-order chi connectivity index (χ1) is 8.96. The Morgan fingerprint density at radius 1 is 1.26 bits per heavy atom. The fourth-order valence-electron chi connectivity index (χ4n) is 3.15. The summed E-state index contributed by atoms with van der Waals surface area (Å²) in [6.45, 7) is 3.86. The summed E-state index contributed by atoms with van der Waals surface area (Å²) in [5, 5.41) is 11.7. The zero-order valence-electron chi connectivity index (χ0n) is 11.6. The molecule has 104 valence electrons. The first-order valence-electron chi connectivity index (χ1n) is 6.97. The molecule has 2 unspecified atom stereocenters. The van der Waals surface area contributed by atoms with Crippen molar-refractivity contribution in [1.82, 2.24) is 10.2 Å². The van der Waals surface area contributed by atoms with Gasteiger partial charge in [0, 0.05) is 6.04 Å². The van der Waals surface area contributed by atoms with Crippen molar-refractivity contribution in [3.05, 3.63) is 0 Å². The van der Waals surface area contributed by atoms with Gasteiger partial charge in [0.05, 0.1) is 24.1 Å². The van der Waals surface area contributed by atoms with E-state index in [9.17, 15) is 14.9 Å². The Morgan fingerprint density at radius 3 is 2.63 bits per heavy atom. The summed E-state index contributed by atoms with van der Waals surface area (Å²) >= 11 is 0. The predicted molar refractivity (Wildman–Crippen MR) is 69.9 cm³/mol. The molecule has 0 aromatic heterocycles. The lowest BCUT2D eigenvalue weighted by Crippen LogP contribution is -2.67. The van der Waals surface area contributed by atoms with Crippen LogP contribution in [0.15, 0.2) is 0 Å². The highest BCUT2D eigenvalue weighted by molar-refractivity contribution is 6.03. The molecule has 2 atom stereocenters. The average Bonchev–Trinajstić information content (AvgIpc) is 2.59. The van der Waals surface area contributed by atoms with E-state index in [1.165, 1.54) is 0 Å². The van der Waals surface area contributed by atoms with Crippen molar-refractivity contribution in [3.8, 4) is 6.07 Å². The number of carbonyl (C=O) groups excluding carboxylic acids is 2. The third-order valence-electron chi connectivity index (χ3n) is 4.39. The van der Waals surface area contributed by atoms with Crippen LogP contribution in [0.25, 0.3) is 0 Å². The Labute approximate surface area is 113 Å². The molecule has 0 aromatic carbocycles. The Bertz CT molecular complexity index is 425. The summed E-state index contributed by atoms with van der Waals surface area (Å²) in [6, 6.07) is 2.39. The van der Waals surface area contributed by atoms with Crippen molar-refractivity contribution >= 4 is 11.8 Å². The molecular weight excluding hydrogens is 242 g/mol. The van der Waals surface area contributed by atoms with Gasteiger partial charge >= 0.3 is 0 Å². The SMILES string of the molecule is CC1(C)C(=O)NC(=O)CN1C1CCCCCC1C#N. The molecule has 2 amide bonds. The highest BCUT2D eigenvalue weighted by atomic mass is 16.2. The Morgan fingerprint density at radius 2 is 1.95 bits per heavy atom. The molecule has 5 heteroatoms. The van der Waals surface area contributed by atoms with Gasteiger partial charge < -0.3 is 0 Å². The number of nitriles is 1. The minimum absolute atomic E-state index is 0.0116. The van der Waals surface area contributed by atoms with Gasteiger partial charge in [-0.1, -0.05) is 19.3 Å². The van der Waals surface area contributed by atoms with Crippen LogP contribution in [0.5, 0.6) is 0 Å². The van der Waals surface area contributed by atoms with E-state index in [1.807, 2.05) is 18.7 Å².